The van der Waals surface area contributed by atoms with Crippen LogP contribution in [0, 0.1) is 0 Å². The zero-order chi connectivity index (χ0) is 13.6. The highest BCUT2D eigenvalue weighted by atomic mass is 32.2. The van der Waals surface area contributed by atoms with E-state index in [2.05, 4.69) is 9.98 Å². The summed E-state index contributed by atoms with van der Waals surface area (Å²) in [7, 11) is 0. The lowest BCUT2D eigenvalue weighted by atomic mass is 10.2. The lowest BCUT2D eigenvalue weighted by molar-refractivity contribution is -0.138. The Hall–Kier alpha value is -1.08. The maximum Gasteiger partial charge on any atom is 0.417 e. The fraction of sp³-hybridized carbons (Fsp3) is 0.455. The van der Waals surface area contributed by atoms with Gasteiger partial charge in [0.25, 0.3) is 0 Å². The van der Waals surface area contributed by atoms with Gasteiger partial charge in [0.1, 0.15) is 0 Å². The van der Waals surface area contributed by atoms with Gasteiger partial charge in [-0.2, -0.15) is 13.2 Å². The zero-order valence-electron chi connectivity index (χ0n) is 9.74. The summed E-state index contributed by atoms with van der Waals surface area (Å²) >= 11 is 1.27. The highest BCUT2D eigenvalue weighted by Crippen LogP contribution is 2.32. The highest BCUT2D eigenvalue weighted by Gasteiger charge is 2.31. The molecule has 1 N–H and O–H groups in total. The van der Waals surface area contributed by atoms with Crippen LogP contribution >= 0.6 is 11.8 Å². The molecule has 0 bridgehead atoms. The molecule has 0 aromatic carbocycles. The Kier molecular flexibility index (Phi) is 5.61. The number of nitrogens with zero attached hydrogens (tertiary/aromatic N) is 2. The lowest BCUT2D eigenvalue weighted by Crippen LogP contribution is -2.07. The molecule has 100 valence electrons. The second kappa shape index (κ2) is 6.75. The van der Waals surface area contributed by atoms with Gasteiger partial charge in [0.2, 0.25) is 0 Å². The average Bonchev–Trinajstić information content (AvgIpc) is 2.30. The van der Waals surface area contributed by atoms with Crippen LogP contribution in [-0.2, 0) is 6.18 Å². The lowest BCUT2D eigenvalue weighted by Gasteiger charge is -2.09. The summed E-state index contributed by atoms with van der Waals surface area (Å²) < 4.78 is 37.6. The summed E-state index contributed by atoms with van der Waals surface area (Å²) in [5.41, 5.74) is -0.374. The standard InChI is InChI=1S/C11H13F3N2OS/c1-2-18-10-5-8(11(12,13)14)6-16-9(10)7-15-3-4-17/h5-7,17H,2-4H2,1H3. The first-order valence-corrected chi connectivity index (χ1v) is 6.28. The van der Waals surface area contributed by atoms with Gasteiger partial charge in [-0.15, -0.1) is 11.8 Å². The van der Waals surface area contributed by atoms with Crippen molar-refractivity contribution in [2.24, 2.45) is 4.99 Å². The normalized spacial score (nSPS) is 12.3. The SMILES string of the molecule is CCSc1cc(C(F)(F)F)cnc1C=NCCO. The Morgan fingerprint density at radius 2 is 2.22 bits per heavy atom. The first-order valence-electron chi connectivity index (χ1n) is 5.29. The van der Waals surface area contributed by atoms with Crippen molar-refractivity contribution in [1.82, 2.24) is 4.98 Å². The van der Waals surface area contributed by atoms with Crippen molar-refractivity contribution in [3.05, 3.63) is 23.5 Å². The van der Waals surface area contributed by atoms with Gasteiger partial charge in [-0.05, 0) is 11.8 Å². The first-order chi connectivity index (χ1) is 8.49. The number of rotatable bonds is 5. The number of aliphatic hydroxyl groups is 1. The number of aromatic nitrogens is 1. The van der Waals surface area contributed by atoms with E-state index in [1.54, 1.807) is 0 Å². The third-order valence-corrected chi connectivity index (χ3v) is 2.88. The maximum atomic E-state index is 12.5. The van der Waals surface area contributed by atoms with Crippen LogP contribution in [0.4, 0.5) is 13.2 Å². The van der Waals surface area contributed by atoms with Gasteiger partial charge < -0.3 is 5.11 Å². The second-order valence-electron chi connectivity index (χ2n) is 3.30. The van der Waals surface area contributed by atoms with Crippen molar-refractivity contribution in [3.63, 3.8) is 0 Å². The second-order valence-corrected chi connectivity index (χ2v) is 4.60. The first kappa shape index (κ1) is 15.0. The Bertz CT molecular complexity index is 421. The van der Waals surface area contributed by atoms with E-state index in [0.717, 1.165) is 12.3 Å². The molecule has 7 heteroatoms. The van der Waals surface area contributed by atoms with Crippen molar-refractivity contribution in [2.75, 3.05) is 18.9 Å². The number of alkyl halides is 3. The van der Waals surface area contributed by atoms with Crippen molar-refractivity contribution in [1.29, 1.82) is 0 Å². The summed E-state index contributed by atoms with van der Waals surface area (Å²) in [5, 5.41) is 8.58. The molecule has 0 aliphatic carbocycles. The summed E-state index contributed by atoms with van der Waals surface area (Å²) in [5.74, 6) is 0.643. The Morgan fingerprint density at radius 1 is 1.50 bits per heavy atom. The van der Waals surface area contributed by atoms with E-state index in [4.69, 9.17) is 5.11 Å². The van der Waals surface area contributed by atoms with Crippen molar-refractivity contribution in [2.45, 2.75) is 18.0 Å². The monoisotopic (exact) mass is 278 g/mol. The number of hydrogen-bond donors (Lipinski definition) is 1. The van der Waals surface area contributed by atoms with Gasteiger partial charge in [0, 0.05) is 17.3 Å². The van der Waals surface area contributed by atoms with E-state index in [-0.39, 0.29) is 13.2 Å². The van der Waals surface area contributed by atoms with Crippen LogP contribution in [0.2, 0.25) is 0 Å². The summed E-state index contributed by atoms with van der Waals surface area (Å²) in [6, 6.07) is 1.07. The fourth-order valence-electron chi connectivity index (χ4n) is 1.19. The van der Waals surface area contributed by atoms with Crippen LogP contribution in [0.3, 0.4) is 0 Å². The molecule has 18 heavy (non-hydrogen) atoms. The largest absolute Gasteiger partial charge is 0.417 e. The molecule has 0 saturated carbocycles. The maximum absolute atomic E-state index is 12.5. The molecule has 3 nitrogen and oxygen atoms in total. The molecule has 0 fully saturated rings. The van der Waals surface area contributed by atoms with Crippen molar-refractivity contribution in [3.8, 4) is 0 Å². The number of hydrogen-bond acceptors (Lipinski definition) is 4. The average molecular weight is 278 g/mol. The molecule has 0 saturated heterocycles. The van der Waals surface area contributed by atoms with Gasteiger partial charge in [0.15, 0.2) is 0 Å². The Balaban J connectivity index is 3.04. The van der Waals surface area contributed by atoms with Crippen LogP contribution in [-0.4, -0.2) is 35.2 Å². The Morgan fingerprint density at radius 3 is 2.78 bits per heavy atom. The fourth-order valence-corrected chi connectivity index (χ4v) is 1.96. The number of aliphatic hydroxyl groups excluding tert-OH is 1. The molecule has 0 unspecified atom stereocenters. The molecule has 1 aromatic rings. The topological polar surface area (TPSA) is 45.5 Å². The van der Waals surface area contributed by atoms with Gasteiger partial charge in [-0.25, -0.2) is 0 Å². The molecule has 0 amide bonds. The van der Waals surface area contributed by atoms with Gasteiger partial charge in [-0.1, -0.05) is 6.92 Å². The zero-order valence-corrected chi connectivity index (χ0v) is 10.6. The third-order valence-electron chi connectivity index (χ3n) is 1.95. The number of halogens is 3. The molecule has 0 aliphatic heterocycles. The van der Waals surface area contributed by atoms with Crippen molar-refractivity contribution >= 4 is 18.0 Å². The van der Waals surface area contributed by atoms with Crippen LogP contribution in [0.5, 0.6) is 0 Å². The minimum absolute atomic E-state index is 0.104. The van der Waals surface area contributed by atoms with Gasteiger partial charge >= 0.3 is 6.18 Å². The predicted molar refractivity (Wildman–Crippen MR) is 65.2 cm³/mol. The minimum Gasteiger partial charge on any atom is -0.394 e. The molecule has 1 rings (SSSR count). The molecule has 1 heterocycles. The van der Waals surface area contributed by atoms with E-state index in [1.165, 1.54) is 18.0 Å². The predicted octanol–water partition coefficient (Wildman–Crippen LogP) is 2.62. The van der Waals surface area contributed by atoms with E-state index in [9.17, 15) is 13.2 Å². The van der Waals surface area contributed by atoms with E-state index in [0.29, 0.717) is 16.3 Å². The van der Waals surface area contributed by atoms with Crippen LogP contribution < -0.4 is 0 Å². The van der Waals surface area contributed by atoms with Gasteiger partial charge in [-0.3, -0.25) is 9.98 Å². The molecule has 1 aromatic heterocycles. The molecule has 0 aliphatic rings. The Labute approximate surface area is 107 Å². The summed E-state index contributed by atoms with van der Waals surface area (Å²) in [6.07, 6.45) is -2.22. The molecular formula is C11H13F3N2OS. The highest BCUT2D eigenvalue weighted by molar-refractivity contribution is 7.99. The molecule has 0 radical (unpaired) electrons. The number of thioether (sulfide) groups is 1. The molecule has 0 atom stereocenters. The van der Waals surface area contributed by atoms with Gasteiger partial charge in [0.05, 0.1) is 24.4 Å². The summed E-state index contributed by atoms with van der Waals surface area (Å²) in [6.45, 7) is 1.95. The van der Waals surface area contributed by atoms with E-state index in [1.807, 2.05) is 6.92 Å². The van der Waals surface area contributed by atoms with Crippen LogP contribution in [0.1, 0.15) is 18.2 Å². The third kappa shape index (κ3) is 4.30. The summed E-state index contributed by atoms with van der Waals surface area (Å²) in [4.78, 5) is 8.07. The smallest absolute Gasteiger partial charge is 0.394 e. The van der Waals surface area contributed by atoms with Crippen LogP contribution in [0.15, 0.2) is 22.2 Å². The number of aliphatic imine (C=N–C) groups is 1. The van der Waals surface area contributed by atoms with E-state index >= 15 is 0 Å². The quantitative estimate of drug-likeness (QED) is 0.665. The van der Waals surface area contributed by atoms with Crippen molar-refractivity contribution < 1.29 is 18.3 Å². The van der Waals surface area contributed by atoms with Crippen LogP contribution in [0.25, 0.3) is 0 Å². The number of pyridine rings is 1. The molecular weight excluding hydrogens is 265 g/mol. The minimum atomic E-state index is -4.39. The van der Waals surface area contributed by atoms with E-state index < -0.39 is 11.7 Å². The molecule has 0 spiro atoms.